The standard InChI is InChI=1S/C25H32N4/c1-17(2)24(19(4)27-20(5)25-16-29(7)28-21(25)6)13-12-18(3)23-11-9-8-10-22(14-23)15-26/h8-10,12-14,16H,1,5,11,15,26H2,2-4,6-7H3/b18-12+,24-13+,27-19?. The highest BCUT2D eigenvalue weighted by Crippen LogP contribution is 2.22. The quantitative estimate of drug-likeness (QED) is 0.503. The number of aliphatic imine (C=N–C) groups is 1. The fraction of sp³-hybridized carbons (Fsp3) is 0.280. The summed E-state index contributed by atoms with van der Waals surface area (Å²) in [6, 6.07) is 0. The number of nitrogens with two attached hydrogens (primary N) is 1. The minimum atomic E-state index is 0.537. The van der Waals surface area contributed by atoms with Crippen molar-refractivity contribution >= 4 is 11.4 Å². The van der Waals surface area contributed by atoms with Crippen LogP contribution in [0, 0.1) is 6.92 Å². The molecule has 0 amide bonds. The van der Waals surface area contributed by atoms with Gasteiger partial charge in [-0.1, -0.05) is 49.6 Å². The van der Waals surface area contributed by atoms with E-state index in [1.807, 2.05) is 34.0 Å². The van der Waals surface area contributed by atoms with Crippen LogP contribution in [0.1, 0.15) is 38.4 Å². The van der Waals surface area contributed by atoms with Gasteiger partial charge in [0.2, 0.25) is 0 Å². The van der Waals surface area contributed by atoms with E-state index in [4.69, 9.17) is 10.7 Å². The zero-order valence-electron chi connectivity index (χ0n) is 18.3. The highest BCUT2D eigenvalue weighted by molar-refractivity contribution is 6.04. The maximum absolute atomic E-state index is 5.82. The molecule has 1 aliphatic carbocycles. The first-order chi connectivity index (χ1) is 13.7. The van der Waals surface area contributed by atoms with Crippen LogP contribution in [0.25, 0.3) is 5.70 Å². The number of aromatic nitrogens is 2. The molecule has 0 bridgehead atoms. The first-order valence-corrected chi connectivity index (χ1v) is 9.79. The Kier molecular flexibility index (Phi) is 7.68. The average Bonchev–Trinajstić information content (AvgIpc) is 2.86. The first-order valence-electron chi connectivity index (χ1n) is 9.79. The van der Waals surface area contributed by atoms with Crippen molar-refractivity contribution in [1.82, 2.24) is 9.78 Å². The van der Waals surface area contributed by atoms with Crippen molar-refractivity contribution in [3.05, 3.63) is 94.9 Å². The molecule has 29 heavy (non-hydrogen) atoms. The van der Waals surface area contributed by atoms with Crippen LogP contribution in [-0.2, 0) is 7.05 Å². The Morgan fingerprint density at radius 3 is 2.59 bits per heavy atom. The third-order valence-corrected chi connectivity index (χ3v) is 4.86. The molecule has 0 fully saturated rings. The van der Waals surface area contributed by atoms with Gasteiger partial charge in [-0.3, -0.25) is 9.67 Å². The smallest absolute Gasteiger partial charge is 0.0687 e. The van der Waals surface area contributed by atoms with Crippen LogP contribution in [0.4, 0.5) is 0 Å². The number of hydrogen-bond acceptors (Lipinski definition) is 3. The molecule has 0 aliphatic heterocycles. The first kappa shape index (κ1) is 22.3. The molecule has 1 heterocycles. The van der Waals surface area contributed by atoms with E-state index in [-0.39, 0.29) is 0 Å². The molecule has 1 aliphatic rings. The van der Waals surface area contributed by atoms with Crippen LogP contribution in [-0.4, -0.2) is 22.0 Å². The van der Waals surface area contributed by atoms with Gasteiger partial charge in [0.1, 0.15) is 0 Å². The van der Waals surface area contributed by atoms with Crippen LogP contribution < -0.4 is 5.73 Å². The van der Waals surface area contributed by atoms with E-state index < -0.39 is 0 Å². The highest BCUT2D eigenvalue weighted by Gasteiger charge is 2.09. The second kappa shape index (κ2) is 9.99. The minimum absolute atomic E-state index is 0.537. The van der Waals surface area contributed by atoms with Crippen LogP contribution in [0.2, 0.25) is 0 Å². The van der Waals surface area contributed by atoms with Crippen molar-refractivity contribution in [3.63, 3.8) is 0 Å². The van der Waals surface area contributed by atoms with Gasteiger partial charge in [-0.05, 0) is 62.0 Å². The fourth-order valence-electron chi connectivity index (χ4n) is 3.21. The van der Waals surface area contributed by atoms with Gasteiger partial charge < -0.3 is 5.73 Å². The molecule has 2 rings (SSSR count). The van der Waals surface area contributed by atoms with Crippen molar-refractivity contribution in [3.8, 4) is 0 Å². The number of rotatable bonds is 7. The van der Waals surface area contributed by atoms with E-state index >= 15 is 0 Å². The van der Waals surface area contributed by atoms with Crippen molar-refractivity contribution in [2.24, 2.45) is 17.8 Å². The van der Waals surface area contributed by atoms with Gasteiger partial charge in [0, 0.05) is 31.1 Å². The molecule has 4 nitrogen and oxygen atoms in total. The Morgan fingerprint density at radius 1 is 1.28 bits per heavy atom. The topological polar surface area (TPSA) is 56.2 Å². The SMILES string of the molecule is C=C(C)/C(=C\C=C(/C)C1=CC(CN)=CC=CC1)C(C)=NC(=C)c1cn(C)nc1C. The molecule has 152 valence electrons. The van der Waals surface area contributed by atoms with E-state index in [1.165, 1.54) is 11.1 Å². The zero-order chi connectivity index (χ0) is 21.6. The minimum Gasteiger partial charge on any atom is -0.326 e. The van der Waals surface area contributed by atoms with Gasteiger partial charge in [-0.2, -0.15) is 5.10 Å². The van der Waals surface area contributed by atoms with E-state index in [9.17, 15) is 0 Å². The Labute approximate surface area is 174 Å². The summed E-state index contributed by atoms with van der Waals surface area (Å²) in [6.07, 6.45) is 15.5. The summed E-state index contributed by atoms with van der Waals surface area (Å²) >= 11 is 0. The van der Waals surface area contributed by atoms with Gasteiger partial charge in [-0.15, -0.1) is 0 Å². The Morgan fingerprint density at radius 2 is 2.00 bits per heavy atom. The summed E-state index contributed by atoms with van der Waals surface area (Å²) in [6.45, 7) is 16.9. The fourth-order valence-corrected chi connectivity index (χ4v) is 3.21. The molecule has 0 aromatic carbocycles. The molecule has 0 spiro atoms. The molecular weight excluding hydrogens is 356 g/mol. The van der Waals surface area contributed by atoms with Gasteiger partial charge in [0.15, 0.2) is 0 Å². The average molecular weight is 389 g/mol. The van der Waals surface area contributed by atoms with Crippen molar-refractivity contribution in [1.29, 1.82) is 0 Å². The zero-order valence-corrected chi connectivity index (χ0v) is 18.3. The van der Waals surface area contributed by atoms with Gasteiger partial charge >= 0.3 is 0 Å². The van der Waals surface area contributed by atoms with E-state index in [0.717, 1.165) is 40.1 Å². The van der Waals surface area contributed by atoms with Crippen LogP contribution in [0.15, 0.2) is 88.7 Å². The second-order valence-corrected chi connectivity index (χ2v) is 7.40. The lowest BCUT2D eigenvalue weighted by Crippen LogP contribution is -2.01. The summed E-state index contributed by atoms with van der Waals surface area (Å²) in [5.41, 5.74) is 14.8. The summed E-state index contributed by atoms with van der Waals surface area (Å²) in [7, 11) is 1.90. The van der Waals surface area contributed by atoms with Gasteiger partial charge in [0.05, 0.1) is 11.4 Å². The molecule has 0 saturated heterocycles. The summed E-state index contributed by atoms with van der Waals surface area (Å²) < 4.78 is 1.78. The molecule has 0 atom stereocenters. The molecule has 0 radical (unpaired) electrons. The van der Waals surface area contributed by atoms with E-state index in [2.05, 4.69) is 61.6 Å². The Bertz CT molecular complexity index is 988. The number of allylic oxidation sites excluding steroid dienone is 9. The van der Waals surface area contributed by atoms with Crippen molar-refractivity contribution < 1.29 is 0 Å². The molecule has 4 heteroatoms. The van der Waals surface area contributed by atoms with Gasteiger partial charge in [0.25, 0.3) is 0 Å². The Hall–Kier alpha value is -2.98. The predicted molar refractivity (Wildman–Crippen MR) is 126 cm³/mol. The van der Waals surface area contributed by atoms with Crippen LogP contribution in [0.5, 0.6) is 0 Å². The van der Waals surface area contributed by atoms with Crippen LogP contribution >= 0.6 is 0 Å². The third-order valence-electron chi connectivity index (χ3n) is 4.86. The summed E-state index contributed by atoms with van der Waals surface area (Å²) in [5.74, 6) is 0. The summed E-state index contributed by atoms with van der Waals surface area (Å²) in [5, 5.41) is 4.37. The lowest BCUT2D eigenvalue weighted by molar-refractivity contribution is 0.756. The maximum atomic E-state index is 5.82. The molecule has 0 saturated carbocycles. The number of aryl methyl sites for hydroxylation is 2. The van der Waals surface area contributed by atoms with E-state index in [1.54, 1.807) is 4.68 Å². The maximum Gasteiger partial charge on any atom is 0.0687 e. The monoisotopic (exact) mass is 388 g/mol. The summed E-state index contributed by atoms with van der Waals surface area (Å²) in [4.78, 5) is 4.73. The molecule has 1 aromatic heterocycles. The molecule has 2 N–H and O–H groups in total. The third kappa shape index (κ3) is 6.00. The molecule has 1 aromatic rings. The lowest BCUT2D eigenvalue weighted by Gasteiger charge is -2.09. The van der Waals surface area contributed by atoms with Crippen molar-refractivity contribution in [2.75, 3.05) is 6.54 Å². The van der Waals surface area contributed by atoms with Crippen molar-refractivity contribution in [2.45, 2.75) is 34.1 Å². The predicted octanol–water partition coefficient (Wildman–Crippen LogP) is 5.38. The number of hydrogen-bond donors (Lipinski definition) is 1. The Balaban J connectivity index is 2.32. The normalized spacial score (nSPS) is 15.7. The highest BCUT2D eigenvalue weighted by atomic mass is 15.2. The molecule has 0 unspecified atom stereocenters. The second-order valence-electron chi connectivity index (χ2n) is 7.40. The van der Waals surface area contributed by atoms with Gasteiger partial charge in [-0.25, -0.2) is 0 Å². The number of nitrogens with zero attached hydrogens (tertiary/aromatic N) is 3. The van der Waals surface area contributed by atoms with Crippen LogP contribution in [0.3, 0.4) is 0 Å². The molecular formula is C25H32N4. The van der Waals surface area contributed by atoms with E-state index in [0.29, 0.717) is 12.2 Å². The lowest BCUT2D eigenvalue weighted by atomic mass is 9.99. The largest absolute Gasteiger partial charge is 0.326 e.